The van der Waals surface area contributed by atoms with Gasteiger partial charge in [0.1, 0.15) is 0 Å². The van der Waals surface area contributed by atoms with Crippen LogP contribution in [-0.2, 0) is 0 Å². The standard InChI is InChI=1S/C29H46N2O/c1-2-3-4-5-6-7-8-9-10-11-12-13-14-15-16-19-25-30-31-29(32)28-24-20-22-26-21-17-18-23-27(26)28/h17-18,20-24,30H,2-16,19,25H2,1H3,(H,31,32). The third-order valence-corrected chi connectivity index (χ3v) is 6.39. The Bertz CT molecular complexity index is 738. The van der Waals surface area contributed by atoms with Gasteiger partial charge in [0.05, 0.1) is 0 Å². The Morgan fingerprint density at radius 2 is 1.12 bits per heavy atom. The molecule has 2 aromatic carbocycles. The smallest absolute Gasteiger partial charge is 0.266 e. The molecule has 0 atom stereocenters. The van der Waals surface area contributed by atoms with Crippen LogP contribution in [0.1, 0.15) is 120 Å². The summed E-state index contributed by atoms with van der Waals surface area (Å²) in [6.45, 7) is 3.11. The molecule has 0 aliphatic carbocycles. The monoisotopic (exact) mass is 438 g/mol. The summed E-state index contributed by atoms with van der Waals surface area (Å²) in [5.74, 6) is -0.0571. The molecule has 1 amide bonds. The normalized spacial score (nSPS) is 11.2. The van der Waals surface area contributed by atoms with Gasteiger partial charge >= 0.3 is 0 Å². The second-order valence-corrected chi connectivity index (χ2v) is 9.21. The van der Waals surface area contributed by atoms with E-state index in [4.69, 9.17) is 0 Å². The Balaban J connectivity index is 1.37. The number of fused-ring (bicyclic) bond motifs is 1. The molecule has 3 heteroatoms. The number of nitrogens with one attached hydrogen (secondary N) is 2. The van der Waals surface area contributed by atoms with Crippen LogP contribution in [0.3, 0.4) is 0 Å². The van der Waals surface area contributed by atoms with Gasteiger partial charge in [-0.3, -0.25) is 10.2 Å². The van der Waals surface area contributed by atoms with Crippen LogP contribution in [0.5, 0.6) is 0 Å². The van der Waals surface area contributed by atoms with E-state index in [1.807, 2.05) is 42.5 Å². The molecule has 178 valence electrons. The SMILES string of the molecule is CCCCCCCCCCCCCCCCCCNNC(=O)c1cccc2ccccc12. The third kappa shape index (κ3) is 11.1. The molecular formula is C29H46N2O. The van der Waals surface area contributed by atoms with Gasteiger partial charge < -0.3 is 0 Å². The lowest BCUT2D eigenvalue weighted by atomic mass is 10.0. The lowest BCUT2D eigenvalue weighted by molar-refractivity contribution is 0.0934. The van der Waals surface area contributed by atoms with Crippen LogP contribution < -0.4 is 10.9 Å². The van der Waals surface area contributed by atoms with Crippen LogP contribution >= 0.6 is 0 Å². The maximum atomic E-state index is 12.5. The molecule has 0 aliphatic rings. The summed E-state index contributed by atoms with van der Waals surface area (Å²) in [6, 6.07) is 13.9. The van der Waals surface area contributed by atoms with E-state index in [1.54, 1.807) is 0 Å². The number of carbonyl (C=O) groups excluding carboxylic acids is 1. The predicted octanol–water partition coefficient (Wildman–Crippen LogP) is 8.34. The molecule has 0 bridgehead atoms. The molecule has 2 N–H and O–H groups in total. The lowest BCUT2D eigenvalue weighted by Crippen LogP contribution is -2.38. The van der Waals surface area contributed by atoms with Crippen molar-refractivity contribution in [2.24, 2.45) is 0 Å². The van der Waals surface area contributed by atoms with E-state index in [1.165, 1.54) is 96.3 Å². The molecule has 3 nitrogen and oxygen atoms in total. The highest BCUT2D eigenvalue weighted by Crippen LogP contribution is 2.18. The fraction of sp³-hybridized carbons (Fsp3) is 0.621. The molecule has 32 heavy (non-hydrogen) atoms. The van der Waals surface area contributed by atoms with E-state index in [2.05, 4.69) is 17.8 Å². The van der Waals surface area contributed by atoms with Crippen LogP contribution in [0, 0.1) is 0 Å². The molecule has 0 saturated heterocycles. The summed E-state index contributed by atoms with van der Waals surface area (Å²) in [7, 11) is 0. The number of unbranched alkanes of at least 4 members (excludes halogenated alkanes) is 15. The largest absolute Gasteiger partial charge is 0.287 e. The topological polar surface area (TPSA) is 41.1 Å². The first kappa shape index (κ1) is 26.4. The number of amides is 1. The molecule has 2 rings (SSSR count). The van der Waals surface area contributed by atoms with Crippen molar-refractivity contribution in [1.82, 2.24) is 10.9 Å². The third-order valence-electron chi connectivity index (χ3n) is 6.39. The van der Waals surface area contributed by atoms with Gasteiger partial charge in [-0.1, -0.05) is 140 Å². The Kier molecular flexibility index (Phi) is 14.6. The van der Waals surface area contributed by atoms with Gasteiger partial charge in [-0.15, -0.1) is 0 Å². The molecular weight excluding hydrogens is 392 g/mol. The van der Waals surface area contributed by atoms with Gasteiger partial charge in [-0.05, 0) is 23.3 Å². The highest BCUT2D eigenvalue weighted by molar-refractivity contribution is 6.06. The minimum absolute atomic E-state index is 0.0571. The fourth-order valence-corrected chi connectivity index (χ4v) is 4.40. The first-order valence-corrected chi connectivity index (χ1v) is 13.3. The average Bonchev–Trinajstić information content (AvgIpc) is 2.82. The second-order valence-electron chi connectivity index (χ2n) is 9.21. The van der Waals surface area contributed by atoms with Crippen molar-refractivity contribution in [3.8, 4) is 0 Å². The zero-order chi connectivity index (χ0) is 22.7. The summed E-state index contributed by atoms with van der Waals surface area (Å²) in [6.07, 6.45) is 22.0. The molecule has 0 fully saturated rings. The molecule has 0 saturated carbocycles. The van der Waals surface area contributed by atoms with E-state index in [-0.39, 0.29) is 5.91 Å². The van der Waals surface area contributed by atoms with E-state index in [0.29, 0.717) is 0 Å². The first-order valence-electron chi connectivity index (χ1n) is 13.3. The van der Waals surface area contributed by atoms with Crippen molar-refractivity contribution in [3.63, 3.8) is 0 Å². The molecule has 0 aliphatic heterocycles. The second kappa shape index (κ2) is 17.7. The lowest BCUT2D eigenvalue weighted by Gasteiger charge is -2.09. The predicted molar refractivity (Wildman–Crippen MR) is 139 cm³/mol. The van der Waals surface area contributed by atoms with E-state index in [9.17, 15) is 4.79 Å². The number of carbonyl (C=O) groups is 1. The molecule has 0 radical (unpaired) electrons. The van der Waals surface area contributed by atoms with Crippen molar-refractivity contribution in [3.05, 3.63) is 48.0 Å². The fourth-order valence-electron chi connectivity index (χ4n) is 4.40. The highest BCUT2D eigenvalue weighted by Gasteiger charge is 2.08. The Morgan fingerprint density at radius 3 is 1.72 bits per heavy atom. The van der Waals surface area contributed by atoms with Gasteiger partial charge in [-0.2, -0.15) is 0 Å². The minimum Gasteiger partial charge on any atom is -0.287 e. The Labute approximate surface area is 196 Å². The quantitative estimate of drug-likeness (QED) is 0.171. The van der Waals surface area contributed by atoms with Gasteiger partial charge in [0.2, 0.25) is 0 Å². The summed E-state index contributed by atoms with van der Waals surface area (Å²) in [5.41, 5.74) is 6.68. The average molecular weight is 439 g/mol. The molecule has 0 aromatic heterocycles. The number of rotatable bonds is 19. The van der Waals surface area contributed by atoms with Crippen LogP contribution in [-0.4, -0.2) is 12.5 Å². The van der Waals surface area contributed by atoms with Crippen molar-refractivity contribution < 1.29 is 4.79 Å². The van der Waals surface area contributed by atoms with Crippen LogP contribution in [0.25, 0.3) is 10.8 Å². The summed E-state index contributed by atoms with van der Waals surface area (Å²) >= 11 is 0. The molecule has 0 spiro atoms. The molecule has 0 heterocycles. The van der Waals surface area contributed by atoms with Crippen molar-refractivity contribution in [1.29, 1.82) is 0 Å². The summed E-state index contributed by atoms with van der Waals surface area (Å²) < 4.78 is 0. The minimum atomic E-state index is -0.0571. The van der Waals surface area contributed by atoms with Crippen LogP contribution in [0.4, 0.5) is 0 Å². The zero-order valence-electron chi connectivity index (χ0n) is 20.5. The van der Waals surface area contributed by atoms with Gasteiger partial charge in [-0.25, -0.2) is 5.43 Å². The Hall–Kier alpha value is -1.87. The van der Waals surface area contributed by atoms with Crippen molar-refractivity contribution in [2.45, 2.75) is 110 Å². The van der Waals surface area contributed by atoms with Crippen molar-refractivity contribution >= 4 is 16.7 Å². The summed E-state index contributed by atoms with van der Waals surface area (Å²) in [5, 5.41) is 2.09. The highest BCUT2D eigenvalue weighted by atomic mass is 16.2. The van der Waals surface area contributed by atoms with Crippen LogP contribution in [0.2, 0.25) is 0 Å². The van der Waals surface area contributed by atoms with E-state index < -0.39 is 0 Å². The zero-order valence-corrected chi connectivity index (χ0v) is 20.5. The number of benzene rings is 2. The number of hydrogen-bond donors (Lipinski definition) is 2. The maximum absolute atomic E-state index is 12.5. The van der Waals surface area contributed by atoms with E-state index >= 15 is 0 Å². The first-order chi connectivity index (χ1) is 15.8. The Morgan fingerprint density at radius 1 is 0.625 bits per heavy atom. The van der Waals surface area contributed by atoms with Gasteiger partial charge in [0, 0.05) is 12.1 Å². The van der Waals surface area contributed by atoms with E-state index in [0.717, 1.165) is 29.3 Å². The van der Waals surface area contributed by atoms with Gasteiger partial charge in [0.25, 0.3) is 5.91 Å². The van der Waals surface area contributed by atoms with Crippen LogP contribution in [0.15, 0.2) is 42.5 Å². The number of hydrazine groups is 1. The maximum Gasteiger partial charge on any atom is 0.266 e. The number of hydrogen-bond acceptors (Lipinski definition) is 2. The summed E-state index contributed by atoms with van der Waals surface area (Å²) in [4.78, 5) is 12.5. The van der Waals surface area contributed by atoms with Gasteiger partial charge in [0.15, 0.2) is 0 Å². The molecule has 2 aromatic rings. The van der Waals surface area contributed by atoms with Crippen molar-refractivity contribution in [2.75, 3.05) is 6.54 Å². The molecule has 0 unspecified atom stereocenters.